The molecule has 0 rings (SSSR count). The van der Waals surface area contributed by atoms with E-state index in [0.29, 0.717) is 0 Å². The van der Waals surface area contributed by atoms with Crippen molar-refractivity contribution in [1.82, 2.24) is 0 Å². The highest BCUT2D eigenvalue weighted by atomic mass is 16.6. The summed E-state index contributed by atoms with van der Waals surface area (Å²) in [5.41, 5.74) is 0. The summed E-state index contributed by atoms with van der Waals surface area (Å²) < 4.78 is 9.36. The SMILES string of the molecule is CC(C)COC(=O)C(O)C(O)C(=O)O.CCOCC.OCCO. The van der Waals surface area contributed by atoms with E-state index in [2.05, 4.69) is 4.74 Å². The Hall–Kier alpha value is -1.26. The van der Waals surface area contributed by atoms with Gasteiger partial charge in [-0.3, -0.25) is 0 Å². The van der Waals surface area contributed by atoms with Gasteiger partial charge >= 0.3 is 11.9 Å². The number of carbonyl (C=O) groups is 2. The van der Waals surface area contributed by atoms with Gasteiger partial charge in [-0.1, -0.05) is 13.8 Å². The Morgan fingerprint density at radius 2 is 1.39 bits per heavy atom. The van der Waals surface area contributed by atoms with Gasteiger partial charge in [-0.25, -0.2) is 9.59 Å². The molecule has 2 unspecified atom stereocenters. The van der Waals surface area contributed by atoms with Crippen LogP contribution in [0.5, 0.6) is 0 Å². The highest BCUT2D eigenvalue weighted by molar-refractivity contribution is 5.84. The summed E-state index contributed by atoms with van der Waals surface area (Å²) in [6.07, 6.45) is -4.18. The maximum absolute atomic E-state index is 10.9. The Labute approximate surface area is 136 Å². The normalized spacial score (nSPS) is 12.2. The maximum Gasteiger partial charge on any atom is 0.338 e. The van der Waals surface area contributed by atoms with E-state index in [0.717, 1.165) is 13.2 Å². The number of aliphatic carboxylic acids is 1. The van der Waals surface area contributed by atoms with Crippen molar-refractivity contribution in [2.24, 2.45) is 5.92 Å². The van der Waals surface area contributed by atoms with Crippen molar-refractivity contribution in [3.8, 4) is 0 Å². The molecule has 9 heteroatoms. The zero-order chi connectivity index (χ0) is 18.8. The lowest BCUT2D eigenvalue weighted by Gasteiger charge is -2.14. The van der Waals surface area contributed by atoms with Crippen LogP contribution >= 0.6 is 0 Å². The van der Waals surface area contributed by atoms with E-state index in [1.165, 1.54) is 0 Å². The molecule has 0 saturated carbocycles. The molecular weight excluding hydrogens is 312 g/mol. The highest BCUT2D eigenvalue weighted by Gasteiger charge is 2.31. The Balaban J connectivity index is -0.000000365. The third kappa shape index (κ3) is 20.7. The van der Waals surface area contributed by atoms with Gasteiger partial charge in [-0.05, 0) is 19.8 Å². The molecule has 0 aliphatic heterocycles. The Kier molecular flexibility index (Phi) is 21.8. The smallest absolute Gasteiger partial charge is 0.338 e. The number of rotatable bonds is 8. The van der Waals surface area contributed by atoms with Crippen molar-refractivity contribution in [1.29, 1.82) is 0 Å². The molecule has 0 radical (unpaired) electrons. The van der Waals surface area contributed by atoms with Crippen LogP contribution in [0.2, 0.25) is 0 Å². The molecular formula is C14H30O9. The summed E-state index contributed by atoms with van der Waals surface area (Å²) in [6.45, 7) is 9.06. The van der Waals surface area contributed by atoms with Crippen molar-refractivity contribution >= 4 is 11.9 Å². The minimum atomic E-state index is -2.14. The molecule has 9 nitrogen and oxygen atoms in total. The molecule has 0 saturated heterocycles. The first-order valence-corrected chi connectivity index (χ1v) is 7.24. The number of carboxylic acids is 1. The number of esters is 1. The van der Waals surface area contributed by atoms with Crippen LogP contribution in [-0.2, 0) is 19.1 Å². The lowest BCUT2D eigenvalue weighted by Crippen LogP contribution is -2.40. The number of carboxylic acid groups (broad SMARTS) is 1. The van der Waals surface area contributed by atoms with Gasteiger partial charge in [-0.2, -0.15) is 0 Å². The molecule has 0 aromatic rings. The van der Waals surface area contributed by atoms with E-state index in [1.807, 2.05) is 13.8 Å². The summed E-state index contributed by atoms with van der Waals surface area (Å²) in [6, 6.07) is 0. The molecule has 0 heterocycles. The topological polar surface area (TPSA) is 154 Å². The lowest BCUT2D eigenvalue weighted by molar-refractivity contribution is -0.170. The van der Waals surface area contributed by atoms with Crippen molar-refractivity contribution < 1.29 is 44.6 Å². The molecule has 0 aromatic carbocycles. The van der Waals surface area contributed by atoms with Crippen LogP contribution < -0.4 is 0 Å². The summed E-state index contributed by atoms with van der Waals surface area (Å²) in [4.78, 5) is 21.1. The van der Waals surface area contributed by atoms with Crippen LogP contribution in [0.1, 0.15) is 27.7 Å². The average molecular weight is 342 g/mol. The second-order valence-corrected chi connectivity index (χ2v) is 4.48. The van der Waals surface area contributed by atoms with Crippen molar-refractivity contribution in [2.45, 2.75) is 39.9 Å². The number of hydrogen-bond donors (Lipinski definition) is 5. The highest BCUT2D eigenvalue weighted by Crippen LogP contribution is 2.00. The first-order chi connectivity index (χ1) is 10.7. The summed E-state index contributed by atoms with van der Waals surface area (Å²) >= 11 is 0. The maximum atomic E-state index is 10.9. The van der Waals surface area contributed by atoms with E-state index in [9.17, 15) is 9.59 Å². The van der Waals surface area contributed by atoms with Crippen LogP contribution in [0, 0.1) is 5.92 Å². The molecule has 2 atom stereocenters. The van der Waals surface area contributed by atoms with Gasteiger partial charge in [0.2, 0.25) is 0 Å². The summed E-state index contributed by atoms with van der Waals surface area (Å²) in [5.74, 6) is -2.72. The molecule has 0 aliphatic rings. The third-order valence-corrected chi connectivity index (χ3v) is 1.86. The molecule has 0 amide bonds. The quantitative estimate of drug-likeness (QED) is 0.350. The minimum absolute atomic E-state index is 0.0717. The summed E-state index contributed by atoms with van der Waals surface area (Å²) in [5, 5.41) is 41.3. The van der Waals surface area contributed by atoms with Crippen molar-refractivity contribution in [3.05, 3.63) is 0 Å². The zero-order valence-corrected chi connectivity index (χ0v) is 14.1. The van der Waals surface area contributed by atoms with Gasteiger partial charge in [-0.15, -0.1) is 0 Å². The second kappa shape index (κ2) is 18.8. The molecule has 0 bridgehead atoms. The zero-order valence-electron chi connectivity index (χ0n) is 14.1. The standard InChI is InChI=1S/C8H14O6.C4H10O.C2H6O2/c1-4(2)3-14-8(13)6(10)5(9)7(11)12;1-3-5-4-2;3-1-2-4/h4-6,9-10H,3H2,1-2H3,(H,11,12);3-4H2,1-2H3;3-4H,1-2H2. The average Bonchev–Trinajstić information content (AvgIpc) is 2.52. The number of aliphatic hydroxyl groups is 4. The van der Waals surface area contributed by atoms with Gasteiger partial charge in [0.05, 0.1) is 19.8 Å². The van der Waals surface area contributed by atoms with E-state index in [-0.39, 0.29) is 25.7 Å². The van der Waals surface area contributed by atoms with E-state index in [1.54, 1.807) is 13.8 Å². The fourth-order valence-electron chi connectivity index (χ4n) is 0.802. The fraction of sp³-hybridized carbons (Fsp3) is 0.857. The number of ether oxygens (including phenoxy) is 2. The van der Waals surface area contributed by atoms with Gasteiger partial charge in [0.1, 0.15) is 0 Å². The molecule has 5 N–H and O–H groups in total. The number of carbonyl (C=O) groups excluding carboxylic acids is 1. The first-order valence-electron chi connectivity index (χ1n) is 7.24. The van der Waals surface area contributed by atoms with E-state index in [4.69, 9.17) is 30.3 Å². The van der Waals surface area contributed by atoms with Crippen molar-refractivity contribution in [2.75, 3.05) is 33.0 Å². The van der Waals surface area contributed by atoms with Crippen molar-refractivity contribution in [3.63, 3.8) is 0 Å². The van der Waals surface area contributed by atoms with Gasteiger partial charge in [0.25, 0.3) is 0 Å². The molecule has 0 aliphatic carbocycles. The second-order valence-electron chi connectivity index (χ2n) is 4.48. The monoisotopic (exact) mass is 342 g/mol. The van der Waals surface area contributed by atoms with Crippen LogP contribution in [0.25, 0.3) is 0 Å². The summed E-state index contributed by atoms with van der Waals surface area (Å²) in [7, 11) is 0. The Morgan fingerprint density at radius 3 is 1.61 bits per heavy atom. The molecule has 0 fully saturated rings. The molecule has 23 heavy (non-hydrogen) atoms. The van der Waals surface area contributed by atoms with Gasteiger partial charge < -0.3 is 35.0 Å². The molecule has 140 valence electrons. The predicted molar refractivity (Wildman–Crippen MR) is 81.8 cm³/mol. The van der Waals surface area contributed by atoms with Crippen LogP contribution in [-0.4, -0.2) is 82.7 Å². The Bertz CT molecular complexity index is 277. The van der Waals surface area contributed by atoms with Gasteiger partial charge in [0, 0.05) is 13.2 Å². The number of hydrogen-bond acceptors (Lipinski definition) is 8. The van der Waals surface area contributed by atoms with Crippen LogP contribution in [0.3, 0.4) is 0 Å². The van der Waals surface area contributed by atoms with Crippen LogP contribution in [0.15, 0.2) is 0 Å². The third-order valence-electron chi connectivity index (χ3n) is 1.86. The van der Waals surface area contributed by atoms with Gasteiger partial charge in [0.15, 0.2) is 12.2 Å². The minimum Gasteiger partial charge on any atom is -0.479 e. The first kappa shape index (κ1) is 26.6. The van der Waals surface area contributed by atoms with E-state index >= 15 is 0 Å². The van der Waals surface area contributed by atoms with Crippen LogP contribution in [0.4, 0.5) is 0 Å². The fourth-order valence-corrected chi connectivity index (χ4v) is 0.802. The predicted octanol–water partition coefficient (Wildman–Crippen LogP) is -0.994. The van der Waals surface area contributed by atoms with E-state index < -0.39 is 24.1 Å². The molecule has 0 aromatic heterocycles. The molecule has 0 spiro atoms. The lowest BCUT2D eigenvalue weighted by atomic mass is 10.2. The Morgan fingerprint density at radius 1 is 0.957 bits per heavy atom. The largest absolute Gasteiger partial charge is 0.479 e. The number of aliphatic hydroxyl groups excluding tert-OH is 4.